The van der Waals surface area contributed by atoms with Crippen LogP contribution in [0.4, 0.5) is 0 Å². The highest BCUT2D eigenvalue weighted by molar-refractivity contribution is 5.75. The van der Waals surface area contributed by atoms with Gasteiger partial charge >= 0.3 is 0 Å². The van der Waals surface area contributed by atoms with E-state index in [4.69, 9.17) is 0 Å². The molecule has 0 saturated heterocycles. The summed E-state index contributed by atoms with van der Waals surface area (Å²) in [6.07, 6.45) is 7.09. The van der Waals surface area contributed by atoms with E-state index in [1.807, 2.05) is 12.2 Å². The van der Waals surface area contributed by atoms with Crippen LogP contribution in [0.3, 0.4) is 0 Å². The Kier molecular flexibility index (Phi) is 4.56. The molecule has 3 heteroatoms. The third-order valence-electron chi connectivity index (χ3n) is 2.68. The van der Waals surface area contributed by atoms with Crippen LogP contribution in [-0.2, 0) is 4.79 Å². The standard InChI is InChI=1S/C12H20N2O/c1-4-14(5-2)12-8-6-7-11(9-12)13-10(3)15/h6-8,12H,4-5,9H2,1-3H3,(H,13,15). The Balaban J connectivity index is 2.58. The third kappa shape index (κ3) is 3.51. The summed E-state index contributed by atoms with van der Waals surface area (Å²) < 4.78 is 0. The predicted octanol–water partition coefficient (Wildman–Crippen LogP) is 1.68. The van der Waals surface area contributed by atoms with Crippen LogP contribution in [0.5, 0.6) is 0 Å². The molecule has 0 aromatic heterocycles. The lowest BCUT2D eigenvalue weighted by Crippen LogP contribution is -2.36. The fraction of sp³-hybridized carbons (Fsp3) is 0.583. The van der Waals surface area contributed by atoms with Gasteiger partial charge < -0.3 is 5.32 Å². The molecule has 1 aliphatic carbocycles. The molecule has 84 valence electrons. The van der Waals surface area contributed by atoms with Crippen molar-refractivity contribution in [3.63, 3.8) is 0 Å². The molecule has 0 aliphatic heterocycles. The van der Waals surface area contributed by atoms with Gasteiger partial charge in [0.15, 0.2) is 0 Å². The van der Waals surface area contributed by atoms with Crippen molar-refractivity contribution < 1.29 is 4.79 Å². The van der Waals surface area contributed by atoms with Crippen molar-refractivity contribution in [2.45, 2.75) is 33.2 Å². The molecule has 0 bridgehead atoms. The van der Waals surface area contributed by atoms with Crippen molar-refractivity contribution in [2.75, 3.05) is 13.1 Å². The Labute approximate surface area is 91.8 Å². The molecule has 1 aliphatic rings. The molecule has 0 fully saturated rings. The van der Waals surface area contributed by atoms with Crippen LogP contribution in [0.15, 0.2) is 23.9 Å². The third-order valence-corrected chi connectivity index (χ3v) is 2.68. The first-order valence-corrected chi connectivity index (χ1v) is 5.56. The first-order chi connectivity index (χ1) is 7.17. The Hall–Kier alpha value is -1.09. The van der Waals surface area contributed by atoms with Gasteiger partial charge in [-0.1, -0.05) is 26.0 Å². The lowest BCUT2D eigenvalue weighted by atomic mass is 10.0. The second kappa shape index (κ2) is 5.71. The van der Waals surface area contributed by atoms with Crippen molar-refractivity contribution in [1.82, 2.24) is 10.2 Å². The summed E-state index contributed by atoms with van der Waals surface area (Å²) in [6.45, 7) is 7.95. The second-order valence-corrected chi connectivity index (χ2v) is 3.75. The van der Waals surface area contributed by atoms with Gasteiger partial charge in [-0.3, -0.25) is 9.69 Å². The molecular formula is C12H20N2O. The van der Waals surface area contributed by atoms with E-state index >= 15 is 0 Å². The summed E-state index contributed by atoms with van der Waals surface area (Å²) >= 11 is 0. The molecule has 0 spiro atoms. The van der Waals surface area contributed by atoms with Crippen LogP contribution in [-0.4, -0.2) is 29.9 Å². The van der Waals surface area contributed by atoms with Crippen LogP contribution in [0, 0.1) is 0 Å². The average Bonchev–Trinajstić information content (AvgIpc) is 2.19. The number of hydrogen-bond acceptors (Lipinski definition) is 2. The molecule has 1 amide bonds. The predicted molar refractivity (Wildman–Crippen MR) is 62.4 cm³/mol. The summed E-state index contributed by atoms with van der Waals surface area (Å²) in [6, 6.07) is 0.423. The zero-order valence-corrected chi connectivity index (χ0v) is 9.79. The monoisotopic (exact) mass is 208 g/mol. The summed E-state index contributed by atoms with van der Waals surface area (Å²) in [5, 5.41) is 2.86. The Bertz CT molecular complexity index is 277. The van der Waals surface area contributed by atoms with Crippen molar-refractivity contribution in [1.29, 1.82) is 0 Å². The van der Waals surface area contributed by atoms with Crippen molar-refractivity contribution >= 4 is 5.91 Å². The van der Waals surface area contributed by atoms with Gasteiger partial charge in [0, 0.05) is 25.1 Å². The summed E-state index contributed by atoms with van der Waals surface area (Å²) in [7, 11) is 0. The maximum Gasteiger partial charge on any atom is 0.220 e. The van der Waals surface area contributed by atoms with Crippen LogP contribution >= 0.6 is 0 Å². The van der Waals surface area contributed by atoms with E-state index in [2.05, 4.69) is 30.1 Å². The van der Waals surface area contributed by atoms with Gasteiger partial charge in [0.2, 0.25) is 5.91 Å². The Morgan fingerprint density at radius 3 is 2.73 bits per heavy atom. The minimum atomic E-state index is 0.00912. The van der Waals surface area contributed by atoms with E-state index in [1.165, 1.54) is 0 Å². The van der Waals surface area contributed by atoms with E-state index < -0.39 is 0 Å². The molecule has 1 unspecified atom stereocenters. The van der Waals surface area contributed by atoms with E-state index in [9.17, 15) is 4.79 Å². The first-order valence-electron chi connectivity index (χ1n) is 5.56. The molecular weight excluding hydrogens is 188 g/mol. The molecule has 0 aromatic carbocycles. The number of nitrogens with one attached hydrogen (secondary N) is 1. The molecule has 0 saturated carbocycles. The number of carbonyl (C=O) groups is 1. The lowest BCUT2D eigenvalue weighted by Gasteiger charge is -2.29. The second-order valence-electron chi connectivity index (χ2n) is 3.75. The number of nitrogens with zero attached hydrogens (tertiary/aromatic N) is 1. The maximum absolute atomic E-state index is 10.9. The van der Waals surface area contributed by atoms with Crippen molar-refractivity contribution in [2.24, 2.45) is 0 Å². The normalized spacial score (nSPS) is 20.3. The largest absolute Gasteiger partial charge is 0.330 e. The molecule has 0 aromatic rings. The number of rotatable bonds is 4. The smallest absolute Gasteiger partial charge is 0.220 e. The van der Waals surface area contributed by atoms with Crippen LogP contribution in [0.2, 0.25) is 0 Å². The van der Waals surface area contributed by atoms with Gasteiger partial charge in [-0.15, -0.1) is 0 Å². The first kappa shape index (κ1) is 12.0. The van der Waals surface area contributed by atoms with Crippen LogP contribution < -0.4 is 5.32 Å². The number of amides is 1. The number of hydrogen-bond donors (Lipinski definition) is 1. The van der Waals surface area contributed by atoms with Gasteiger partial charge in [0.1, 0.15) is 0 Å². The summed E-state index contributed by atoms with van der Waals surface area (Å²) in [5.74, 6) is 0.00912. The van der Waals surface area contributed by atoms with E-state index in [-0.39, 0.29) is 5.91 Å². The SMILES string of the molecule is CCN(CC)C1C=CC=C(NC(C)=O)C1. The highest BCUT2D eigenvalue weighted by Crippen LogP contribution is 2.15. The van der Waals surface area contributed by atoms with E-state index in [0.29, 0.717) is 6.04 Å². The fourth-order valence-corrected chi connectivity index (χ4v) is 1.92. The van der Waals surface area contributed by atoms with Gasteiger partial charge in [-0.25, -0.2) is 0 Å². The highest BCUT2D eigenvalue weighted by atomic mass is 16.1. The zero-order valence-electron chi connectivity index (χ0n) is 9.79. The summed E-state index contributed by atoms with van der Waals surface area (Å²) in [4.78, 5) is 13.3. The molecule has 0 radical (unpaired) electrons. The minimum Gasteiger partial charge on any atom is -0.330 e. The van der Waals surface area contributed by atoms with Crippen LogP contribution in [0.1, 0.15) is 27.2 Å². The highest BCUT2D eigenvalue weighted by Gasteiger charge is 2.16. The molecule has 1 atom stereocenters. The quantitative estimate of drug-likeness (QED) is 0.762. The zero-order chi connectivity index (χ0) is 11.3. The van der Waals surface area contributed by atoms with Crippen molar-refractivity contribution in [3.05, 3.63) is 23.9 Å². The number of likely N-dealkylation sites (N-methyl/N-ethyl adjacent to an activating group) is 1. The minimum absolute atomic E-state index is 0.00912. The molecule has 1 rings (SSSR count). The molecule has 3 nitrogen and oxygen atoms in total. The number of carbonyl (C=O) groups excluding carboxylic acids is 1. The van der Waals surface area contributed by atoms with Gasteiger partial charge in [-0.2, -0.15) is 0 Å². The fourth-order valence-electron chi connectivity index (χ4n) is 1.92. The molecule has 15 heavy (non-hydrogen) atoms. The number of allylic oxidation sites excluding steroid dienone is 2. The van der Waals surface area contributed by atoms with E-state index in [1.54, 1.807) is 6.92 Å². The molecule has 0 heterocycles. The lowest BCUT2D eigenvalue weighted by molar-refractivity contribution is -0.118. The van der Waals surface area contributed by atoms with E-state index in [0.717, 1.165) is 25.2 Å². The Morgan fingerprint density at radius 1 is 1.53 bits per heavy atom. The Morgan fingerprint density at radius 2 is 2.20 bits per heavy atom. The van der Waals surface area contributed by atoms with Crippen LogP contribution in [0.25, 0.3) is 0 Å². The summed E-state index contributed by atoms with van der Waals surface area (Å²) in [5.41, 5.74) is 1.02. The topological polar surface area (TPSA) is 32.3 Å². The van der Waals surface area contributed by atoms with Gasteiger partial charge in [0.05, 0.1) is 0 Å². The average molecular weight is 208 g/mol. The van der Waals surface area contributed by atoms with Gasteiger partial charge in [0.25, 0.3) is 0 Å². The molecule has 1 N–H and O–H groups in total. The van der Waals surface area contributed by atoms with Gasteiger partial charge in [-0.05, 0) is 19.2 Å². The maximum atomic E-state index is 10.9. The van der Waals surface area contributed by atoms with Crippen molar-refractivity contribution in [3.8, 4) is 0 Å².